The van der Waals surface area contributed by atoms with Crippen molar-refractivity contribution in [2.45, 2.75) is 20.8 Å². The third-order valence-electron chi connectivity index (χ3n) is 4.99. The second kappa shape index (κ2) is 13.3. The Morgan fingerprint density at radius 1 is 0.892 bits per heavy atom. The average Bonchev–Trinajstić information content (AvgIpc) is 3.32. The van der Waals surface area contributed by atoms with Crippen LogP contribution in [0.2, 0.25) is 0 Å². The van der Waals surface area contributed by atoms with Gasteiger partial charge in [-0.3, -0.25) is 14.2 Å². The van der Waals surface area contributed by atoms with Crippen LogP contribution in [0.4, 0.5) is 5.00 Å². The molecule has 1 heterocycles. The maximum Gasteiger partial charge on any atom is 0.361 e. The second-order valence-electron chi connectivity index (χ2n) is 7.55. The molecule has 0 saturated heterocycles. The predicted molar refractivity (Wildman–Crippen MR) is 144 cm³/mol. The molecule has 0 radical (unpaired) electrons. The fraction of sp³-hybridized carbons (Fsp3) is 0.269. The number of hydrogen-bond donors (Lipinski definition) is 2. The Bertz CT molecular complexity index is 1270. The van der Waals surface area contributed by atoms with Gasteiger partial charge in [-0.2, -0.15) is 0 Å². The summed E-state index contributed by atoms with van der Waals surface area (Å²) < 4.78 is 28.6. The van der Waals surface area contributed by atoms with Gasteiger partial charge in [0.25, 0.3) is 5.91 Å². The zero-order valence-corrected chi connectivity index (χ0v) is 22.5. The van der Waals surface area contributed by atoms with Crippen molar-refractivity contribution in [3.63, 3.8) is 0 Å². The van der Waals surface area contributed by atoms with E-state index >= 15 is 0 Å². The summed E-state index contributed by atoms with van der Waals surface area (Å²) in [6.45, 7) is 5.43. The number of rotatable bonds is 12. The first-order chi connectivity index (χ1) is 17.8. The van der Waals surface area contributed by atoms with Gasteiger partial charge in [0.2, 0.25) is 5.91 Å². The maximum atomic E-state index is 12.9. The number of anilines is 1. The Morgan fingerprint density at radius 3 is 2.14 bits per heavy atom. The highest BCUT2D eigenvalue weighted by Gasteiger charge is 2.27. The highest BCUT2D eigenvalue weighted by Crippen LogP contribution is 2.46. The van der Waals surface area contributed by atoms with Crippen LogP contribution in [-0.4, -0.2) is 44.1 Å². The minimum Gasteiger partial charge on any atom is -0.462 e. The topological polar surface area (TPSA) is 120 Å². The highest BCUT2D eigenvalue weighted by atomic mass is 32.1. The lowest BCUT2D eigenvalue weighted by Gasteiger charge is -2.17. The van der Waals surface area contributed by atoms with Crippen LogP contribution in [0.3, 0.4) is 0 Å². The quantitative estimate of drug-likeness (QED) is 0.247. The monoisotopic (exact) mass is 544 g/mol. The van der Waals surface area contributed by atoms with E-state index in [0.29, 0.717) is 10.3 Å². The normalized spacial score (nSPS) is 11.1. The van der Waals surface area contributed by atoms with E-state index in [0.717, 1.165) is 10.4 Å². The van der Waals surface area contributed by atoms with Gasteiger partial charge >= 0.3 is 13.6 Å². The van der Waals surface area contributed by atoms with E-state index < -0.39 is 25.4 Å². The third-order valence-corrected chi connectivity index (χ3v) is 8.22. The van der Waals surface area contributed by atoms with Gasteiger partial charge in [-0.25, -0.2) is 4.79 Å². The summed E-state index contributed by atoms with van der Waals surface area (Å²) in [7, 11) is -3.46. The molecule has 0 aliphatic rings. The van der Waals surface area contributed by atoms with Crippen molar-refractivity contribution in [2.24, 2.45) is 0 Å². The molecule has 1 aromatic heterocycles. The lowest BCUT2D eigenvalue weighted by Crippen LogP contribution is -2.33. The van der Waals surface area contributed by atoms with E-state index in [2.05, 4.69) is 10.6 Å². The lowest BCUT2D eigenvalue weighted by molar-refractivity contribution is -0.115. The first-order valence-corrected chi connectivity index (χ1v) is 14.1. The van der Waals surface area contributed by atoms with Crippen LogP contribution in [0, 0.1) is 0 Å². The molecule has 0 fully saturated rings. The SMILES string of the molecule is CCOC(=O)c1cc(-c2ccccc2)sc1NC(=O)CNC(=O)c1ccc(P(=O)(OCC)OCC)cc1. The van der Waals surface area contributed by atoms with Gasteiger partial charge in [0.1, 0.15) is 5.00 Å². The van der Waals surface area contributed by atoms with Gasteiger partial charge in [-0.1, -0.05) is 30.3 Å². The number of benzene rings is 2. The van der Waals surface area contributed by atoms with Gasteiger partial charge < -0.3 is 24.4 Å². The van der Waals surface area contributed by atoms with E-state index in [4.69, 9.17) is 13.8 Å². The van der Waals surface area contributed by atoms with E-state index in [1.807, 2.05) is 30.3 Å². The first kappa shape index (κ1) is 28.3. The summed E-state index contributed by atoms with van der Waals surface area (Å²) in [5.74, 6) is -1.54. The smallest absolute Gasteiger partial charge is 0.361 e. The summed E-state index contributed by atoms with van der Waals surface area (Å²) in [6.07, 6.45) is 0. The van der Waals surface area contributed by atoms with Gasteiger partial charge in [-0.05, 0) is 56.7 Å². The average molecular weight is 545 g/mol. The molecule has 3 aromatic rings. The van der Waals surface area contributed by atoms with Crippen LogP contribution >= 0.6 is 18.9 Å². The fourth-order valence-corrected chi connectivity index (χ4v) is 5.98. The van der Waals surface area contributed by atoms with E-state index in [-0.39, 0.29) is 37.5 Å². The van der Waals surface area contributed by atoms with Crippen LogP contribution < -0.4 is 15.9 Å². The highest BCUT2D eigenvalue weighted by molar-refractivity contribution is 7.62. The molecule has 0 saturated carbocycles. The molecular weight excluding hydrogens is 515 g/mol. The molecule has 0 aliphatic heterocycles. The Labute approximate surface area is 219 Å². The van der Waals surface area contributed by atoms with E-state index in [1.165, 1.54) is 35.6 Å². The number of amides is 2. The summed E-state index contributed by atoms with van der Waals surface area (Å²) in [6, 6.07) is 17.1. The second-order valence-corrected chi connectivity index (χ2v) is 10.6. The number of ether oxygens (including phenoxy) is 1. The zero-order chi connectivity index (χ0) is 26.8. The number of esters is 1. The number of thiophene rings is 1. The minimum absolute atomic E-state index is 0.197. The molecule has 0 spiro atoms. The third kappa shape index (κ3) is 7.36. The standard InChI is InChI=1S/C26H29N2O7PS/c1-4-33-26(31)21-16-22(18-10-8-7-9-11-18)37-25(21)28-23(29)17-27-24(30)19-12-14-20(15-13-19)36(32,34-5-2)35-6-3/h7-16H,4-6,17H2,1-3H3,(H,27,30)(H,28,29). The van der Waals surface area contributed by atoms with Gasteiger partial charge in [0.05, 0.1) is 37.2 Å². The Balaban J connectivity index is 1.67. The molecule has 0 aliphatic carbocycles. The Kier molecular flexibility index (Phi) is 10.2. The fourth-order valence-electron chi connectivity index (χ4n) is 3.34. The van der Waals surface area contributed by atoms with Crippen molar-refractivity contribution in [1.82, 2.24) is 5.32 Å². The molecule has 2 aromatic carbocycles. The van der Waals surface area contributed by atoms with Crippen molar-refractivity contribution < 1.29 is 32.7 Å². The predicted octanol–water partition coefficient (Wildman–Crippen LogP) is 4.85. The summed E-state index contributed by atoms with van der Waals surface area (Å²) in [4.78, 5) is 38.4. The maximum absolute atomic E-state index is 12.9. The Morgan fingerprint density at radius 2 is 1.54 bits per heavy atom. The number of nitrogens with one attached hydrogen (secondary N) is 2. The molecule has 0 atom stereocenters. The molecule has 37 heavy (non-hydrogen) atoms. The number of carbonyl (C=O) groups is 3. The molecule has 11 heteroatoms. The molecule has 2 N–H and O–H groups in total. The first-order valence-electron chi connectivity index (χ1n) is 11.7. The van der Waals surface area contributed by atoms with E-state index in [9.17, 15) is 18.9 Å². The van der Waals surface area contributed by atoms with E-state index in [1.54, 1.807) is 26.8 Å². The van der Waals surface area contributed by atoms with Crippen LogP contribution in [-0.2, 0) is 23.1 Å². The number of hydrogen-bond acceptors (Lipinski definition) is 8. The van der Waals surface area contributed by atoms with Gasteiger partial charge in [0, 0.05) is 10.4 Å². The molecule has 196 valence electrons. The molecule has 9 nitrogen and oxygen atoms in total. The van der Waals surface area contributed by atoms with Crippen molar-refractivity contribution in [1.29, 1.82) is 0 Å². The zero-order valence-electron chi connectivity index (χ0n) is 20.8. The molecular formula is C26H29N2O7PS. The molecule has 2 amide bonds. The van der Waals surface area contributed by atoms with Crippen molar-refractivity contribution in [3.05, 3.63) is 71.8 Å². The van der Waals surface area contributed by atoms with Crippen LogP contribution in [0.5, 0.6) is 0 Å². The lowest BCUT2D eigenvalue weighted by atomic mass is 10.1. The summed E-state index contributed by atoms with van der Waals surface area (Å²) in [5.41, 5.74) is 1.41. The van der Waals surface area contributed by atoms with Crippen molar-refractivity contribution in [3.8, 4) is 10.4 Å². The molecule has 0 bridgehead atoms. The van der Waals surface area contributed by atoms with Crippen LogP contribution in [0.25, 0.3) is 10.4 Å². The molecule has 3 rings (SSSR count). The van der Waals surface area contributed by atoms with Crippen molar-refractivity contribution in [2.75, 3.05) is 31.7 Å². The van der Waals surface area contributed by atoms with Crippen molar-refractivity contribution >= 4 is 47.0 Å². The summed E-state index contributed by atoms with van der Waals surface area (Å²) >= 11 is 1.24. The van der Waals surface area contributed by atoms with Gasteiger partial charge in [0.15, 0.2) is 0 Å². The largest absolute Gasteiger partial charge is 0.462 e. The Hall–Kier alpha value is -3.30. The van der Waals surface area contributed by atoms with Crippen LogP contribution in [0.1, 0.15) is 41.5 Å². The number of carbonyl (C=O) groups excluding carboxylic acids is 3. The van der Waals surface area contributed by atoms with Crippen LogP contribution in [0.15, 0.2) is 60.7 Å². The van der Waals surface area contributed by atoms with Gasteiger partial charge in [-0.15, -0.1) is 11.3 Å². The molecule has 0 unspecified atom stereocenters. The minimum atomic E-state index is -3.46. The summed E-state index contributed by atoms with van der Waals surface area (Å²) in [5, 5.41) is 5.92.